The molecule has 0 atom stereocenters. The number of hydrogen-bond acceptors (Lipinski definition) is 1. The van der Waals surface area contributed by atoms with Crippen molar-refractivity contribution in [3.05, 3.63) is 57.7 Å². The first-order valence-electron chi connectivity index (χ1n) is 6.80. The van der Waals surface area contributed by atoms with Gasteiger partial charge in [0, 0.05) is 28.6 Å². The van der Waals surface area contributed by atoms with Crippen LogP contribution < -0.4 is 0 Å². The Kier molecular flexibility index (Phi) is 4.18. The van der Waals surface area contributed by atoms with E-state index in [9.17, 15) is 4.79 Å². The highest BCUT2D eigenvalue weighted by Crippen LogP contribution is 2.35. The molecule has 0 N–H and O–H groups in total. The summed E-state index contributed by atoms with van der Waals surface area (Å²) in [6, 6.07) is 10.9. The molecule has 0 spiro atoms. The maximum atomic E-state index is 12.2. The van der Waals surface area contributed by atoms with Gasteiger partial charge in [0.25, 0.3) is 0 Å². The second-order valence-corrected chi connectivity index (χ2v) is 6.20. The Labute approximate surface area is 143 Å². The Morgan fingerprint density at radius 1 is 1.05 bits per heavy atom. The van der Waals surface area contributed by atoms with Crippen LogP contribution >= 0.6 is 34.8 Å². The quantitative estimate of drug-likeness (QED) is 0.529. The Bertz CT molecular complexity index is 883. The zero-order valence-corrected chi connectivity index (χ0v) is 14.0. The summed E-state index contributed by atoms with van der Waals surface area (Å²) in [6.07, 6.45) is 2.25. The molecule has 1 aromatic heterocycles. The van der Waals surface area contributed by atoms with Crippen LogP contribution in [-0.2, 0) is 0 Å². The maximum absolute atomic E-state index is 12.2. The second-order valence-electron chi connectivity index (χ2n) is 4.95. The van der Waals surface area contributed by atoms with Crippen molar-refractivity contribution >= 4 is 51.6 Å². The van der Waals surface area contributed by atoms with Crippen LogP contribution in [0.1, 0.15) is 18.1 Å². The molecule has 0 aliphatic carbocycles. The number of benzene rings is 2. The molecule has 0 unspecified atom stereocenters. The van der Waals surface area contributed by atoms with Gasteiger partial charge in [-0.25, -0.2) is 0 Å². The van der Waals surface area contributed by atoms with E-state index in [1.165, 1.54) is 0 Å². The van der Waals surface area contributed by atoms with Crippen LogP contribution in [0.4, 0.5) is 0 Å². The lowest BCUT2D eigenvalue weighted by molar-refractivity contribution is 0.0914. The lowest BCUT2D eigenvalue weighted by Gasteiger charge is -2.02. The molecule has 0 bridgehead atoms. The predicted molar refractivity (Wildman–Crippen MR) is 93.3 cm³/mol. The lowest BCUT2D eigenvalue weighted by Crippen LogP contribution is -2.06. The fourth-order valence-corrected chi connectivity index (χ4v) is 2.94. The third-order valence-electron chi connectivity index (χ3n) is 3.57. The van der Waals surface area contributed by atoms with E-state index in [4.69, 9.17) is 34.8 Å². The van der Waals surface area contributed by atoms with Gasteiger partial charge in [-0.3, -0.25) is 9.36 Å². The maximum Gasteiger partial charge on any atom is 0.230 e. The average molecular weight is 353 g/mol. The summed E-state index contributed by atoms with van der Waals surface area (Å²) >= 11 is 18.2. The van der Waals surface area contributed by atoms with E-state index in [1.54, 1.807) is 22.8 Å². The van der Waals surface area contributed by atoms with Crippen LogP contribution in [-0.4, -0.2) is 10.5 Å². The van der Waals surface area contributed by atoms with Gasteiger partial charge in [0.2, 0.25) is 5.91 Å². The van der Waals surface area contributed by atoms with Crippen LogP contribution in [0.2, 0.25) is 15.1 Å². The fraction of sp³-hybridized carbons (Fsp3) is 0.118. The van der Waals surface area contributed by atoms with E-state index in [-0.39, 0.29) is 5.91 Å². The van der Waals surface area contributed by atoms with Crippen molar-refractivity contribution in [1.29, 1.82) is 0 Å². The minimum atomic E-state index is 0.0265. The Morgan fingerprint density at radius 2 is 1.82 bits per heavy atom. The van der Waals surface area contributed by atoms with Gasteiger partial charge in [0.1, 0.15) is 0 Å². The van der Waals surface area contributed by atoms with Gasteiger partial charge in [-0.1, -0.05) is 47.8 Å². The topological polar surface area (TPSA) is 22.0 Å². The molecule has 0 fully saturated rings. The first-order valence-corrected chi connectivity index (χ1v) is 7.94. The van der Waals surface area contributed by atoms with Crippen LogP contribution in [0.25, 0.3) is 22.0 Å². The van der Waals surface area contributed by atoms with Crippen LogP contribution in [0.5, 0.6) is 0 Å². The summed E-state index contributed by atoms with van der Waals surface area (Å²) in [7, 11) is 0. The first kappa shape index (κ1) is 15.4. The van der Waals surface area contributed by atoms with E-state index in [0.717, 1.165) is 22.0 Å². The number of halogens is 3. The van der Waals surface area contributed by atoms with Crippen LogP contribution in [0, 0.1) is 0 Å². The van der Waals surface area contributed by atoms with Gasteiger partial charge in [0.05, 0.1) is 15.6 Å². The van der Waals surface area contributed by atoms with Gasteiger partial charge in [-0.2, -0.15) is 0 Å². The summed E-state index contributed by atoms with van der Waals surface area (Å²) in [6.45, 7) is 1.84. The van der Waals surface area contributed by atoms with Crippen molar-refractivity contribution in [2.45, 2.75) is 13.3 Å². The van der Waals surface area contributed by atoms with E-state index >= 15 is 0 Å². The molecule has 0 amide bonds. The van der Waals surface area contributed by atoms with E-state index in [1.807, 2.05) is 31.3 Å². The van der Waals surface area contributed by atoms with Crippen molar-refractivity contribution in [2.75, 3.05) is 0 Å². The van der Waals surface area contributed by atoms with Crippen molar-refractivity contribution in [3.63, 3.8) is 0 Å². The Morgan fingerprint density at radius 3 is 2.50 bits per heavy atom. The van der Waals surface area contributed by atoms with E-state index in [0.29, 0.717) is 21.5 Å². The van der Waals surface area contributed by atoms with Crippen molar-refractivity contribution in [3.8, 4) is 11.1 Å². The molecule has 3 aromatic rings. The molecule has 5 heteroatoms. The van der Waals surface area contributed by atoms with Gasteiger partial charge in [0.15, 0.2) is 0 Å². The highest BCUT2D eigenvalue weighted by molar-refractivity contribution is 6.42. The molecule has 1 heterocycles. The fourth-order valence-electron chi connectivity index (χ4n) is 2.47. The van der Waals surface area contributed by atoms with Crippen molar-refractivity contribution < 1.29 is 4.79 Å². The minimum absolute atomic E-state index is 0.0265. The summed E-state index contributed by atoms with van der Waals surface area (Å²) in [5.74, 6) is 0.0265. The number of rotatable bonds is 2. The largest absolute Gasteiger partial charge is 0.287 e. The molecule has 0 aliphatic rings. The molecule has 112 valence electrons. The predicted octanol–water partition coefficient (Wildman–Crippen LogP) is 6.32. The third-order valence-corrected chi connectivity index (χ3v) is 4.54. The molecular weight excluding hydrogens is 341 g/mol. The number of fused-ring (bicyclic) bond motifs is 1. The van der Waals surface area contributed by atoms with Gasteiger partial charge in [-0.05, 0) is 35.9 Å². The molecule has 0 radical (unpaired) electrons. The number of nitrogens with zero attached hydrogens (tertiary/aromatic N) is 1. The van der Waals surface area contributed by atoms with Gasteiger partial charge < -0.3 is 0 Å². The third kappa shape index (κ3) is 2.63. The lowest BCUT2D eigenvalue weighted by atomic mass is 10.1. The summed E-state index contributed by atoms with van der Waals surface area (Å²) in [5.41, 5.74) is 2.62. The molecule has 0 saturated heterocycles. The highest BCUT2D eigenvalue weighted by atomic mass is 35.5. The Balaban J connectivity index is 2.30. The van der Waals surface area contributed by atoms with Crippen LogP contribution in [0.15, 0.2) is 42.6 Å². The van der Waals surface area contributed by atoms with Gasteiger partial charge in [-0.15, -0.1) is 0 Å². The second kappa shape index (κ2) is 5.96. The monoisotopic (exact) mass is 351 g/mol. The van der Waals surface area contributed by atoms with E-state index in [2.05, 4.69) is 0 Å². The highest BCUT2D eigenvalue weighted by Gasteiger charge is 2.15. The standard InChI is InChI=1S/C17H12Cl3NO/c1-2-17(22)21-9-13(10-3-5-14(19)15(20)7-10)12-8-11(18)4-6-16(12)21/h3-9H,2H2,1H3. The van der Waals surface area contributed by atoms with Crippen molar-refractivity contribution in [1.82, 2.24) is 4.57 Å². The normalized spacial score (nSPS) is 11.1. The average Bonchev–Trinajstić information content (AvgIpc) is 2.88. The van der Waals surface area contributed by atoms with Crippen molar-refractivity contribution in [2.24, 2.45) is 0 Å². The van der Waals surface area contributed by atoms with E-state index < -0.39 is 0 Å². The summed E-state index contributed by atoms with van der Waals surface area (Å²) in [5, 5.41) is 2.50. The smallest absolute Gasteiger partial charge is 0.230 e. The number of aromatic nitrogens is 1. The molecule has 0 saturated carbocycles. The number of carbonyl (C=O) groups excluding carboxylic acids is 1. The number of hydrogen-bond donors (Lipinski definition) is 0. The molecule has 3 rings (SSSR count). The number of carbonyl (C=O) groups is 1. The Hall–Kier alpha value is -1.48. The van der Waals surface area contributed by atoms with Crippen LogP contribution in [0.3, 0.4) is 0 Å². The summed E-state index contributed by atoms with van der Waals surface area (Å²) < 4.78 is 1.66. The zero-order valence-electron chi connectivity index (χ0n) is 11.7. The SMILES string of the molecule is CCC(=O)n1cc(-c2ccc(Cl)c(Cl)c2)c2cc(Cl)ccc21. The molecule has 2 nitrogen and oxygen atoms in total. The summed E-state index contributed by atoms with van der Waals surface area (Å²) in [4.78, 5) is 12.2. The first-order chi connectivity index (χ1) is 10.5. The van der Waals surface area contributed by atoms with Gasteiger partial charge >= 0.3 is 0 Å². The molecular formula is C17H12Cl3NO. The zero-order chi connectivity index (χ0) is 15.9. The molecule has 22 heavy (non-hydrogen) atoms. The molecule has 0 aliphatic heterocycles. The minimum Gasteiger partial charge on any atom is -0.287 e. The molecule has 2 aromatic carbocycles.